The van der Waals surface area contributed by atoms with Gasteiger partial charge in [0.25, 0.3) is 0 Å². The molecule has 2 atom stereocenters. The molecule has 88 valence electrons. The van der Waals surface area contributed by atoms with E-state index in [0.29, 0.717) is 12.8 Å². The molecule has 0 aliphatic heterocycles. The maximum Gasteiger partial charge on any atom is 0.324 e. The average molecular weight is 217 g/mol. The Kier molecular flexibility index (Phi) is 5.28. The Morgan fingerprint density at radius 2 is 1.80 bits per heavy atom. The zero-order valence-corrected chi connectivity index (χ0v) is 9.19. The van der Waals surface area contributed by atoms with Crippen LogP contribution in [0.15, 0.2) is 0 Å². The molecule has 0 bridgehead atoms. The fourth-order valence-electron chi connectivity index (χ4n) is 1.73. The number of carboxylic acid groups (broad SMARTS) is 2. The van der Waals surface area contributed by atoms with Crippen LogP contribution in [0, 0.1) is 5.92 Å². The normalized spacial score (nSPS) is 16.7. The zero-order valence-electron chi connectivity index (χ0n) is 9.19. The second-order valence-corrected chi connectivity index (χ2v) is 3.78. The molecule has 4 N–H and O–H groups in total. The van der Waals surface area contributed by atoms with Crippen LogP contribution < -0.4 is 5.73 Å². The summed E-state index contributed by atoms with van der Waals surface area (Å²) in [5, 5.41) is 18.0. The number of aliphatic carboxylic acids is 2. The van der Waals surface area contributed by atoms with Crippen LogP contribution in [0.1, 0.15) is 39.5 Å². The average Bonchev–Trinajstić information content (AvgIpc) is 2.13. The molecule has 0 aromatic heterocycles. The van der Waals surface area contributed by atoms with Crippen molar-refractivity contribution in [2.24, 2.45) is 11.7 Å². The second kappa shape index (κ2) is 5.70. The topological polar surface area (TPSA) is 101 Å². The lowest BCUT2D eigenvalue weighted by Crippen LogP contribution is -2.56. The van der Waals surface area contributed by atoms with Gasteiger partial charge in [-0.2, -0.15) is 0 Å². The number of nitrogens with two attached hydrogens (primary N) is 1. The highest BCUT2D eigenvalue weighted by Crippen LogP contribution is 2.25. The molecule has 15 heavy (non-hydrogen) atoms. The third kappa shape index (κ3) is 3.20. The van der Waals surface area contributed by atoms with Gasteiger partial charge in [0.05, 0.1) is 5.92 Å². The van der Waals surface area contributed by atoms with Gasteiger partial charge in [-0.3, -0.25) is 9.59 Å². The smallest absolute Gasteiger partial charge is 0.324 e. The van der Waals surface area contributed by atoms with E-state index in [9.17, 15) is 9.59 Å². The van der Waals surface area contributed by atoms with E-state index >= 15 is 0 Å². The molecule has 0 heterocycles. The van der Waals surface area contributed by atoms with Crippen LogP contribution >= 0.6 is 0 Å². The molecular formula is C10H19NO4. The van der Waals surface area contributed by atoms with E-state index in [1.807, 2.05) is 6.92 Å². The summed E-state index contributed by atoms with van der Waals surface area (Å²) in [6, 6.07) is 0. The largest absolute Gasteiger partial charge is 0.481 e. The van der Waals surface area contributed by atoms with Crippen molar-refractivity contribution < 1.29 is 19.8 Å². The van der Waals surface area contributed by atoms with Gasteiger partial charge in [-0.05, 0) is 12.8 Å². The first kappa shape index (κ1) is 13.9. The van der Waals surface area contributed by atoms with Gasteiger partial charge in [0.2, 0.25) is 0 Å². The Bertz CT molecular complexity index is 242. The lowest BCUT2D eigenvalue weighted by molar-refractivity contribution is -0.156. The molecule has 0 aliphatic rings. The van der Waals surface area contributed by atoms with E-state index < -0.39 is 23.4 Å². The van der Waals surface area contributed by atoms with E-state index in [2.05, 4.69) is 0 Å². The van der Waals surface area contributed by atoms with E-state index in [0.717, 1.165) is 0 Å². The third-order valence-corrected chi connectivity index (χ3v) is 2.56. The van der Waals surface area contributed by atoms with Gasteiger partial charge in [0.15, 0.2) is 0 Å². The summed E-state index contributed by atoms with van der Waals surface area (Å²) < 4.78 is 0. The molecule has 0 aromatic carbocycles. The van der Waals surface area contributed by atoms with E-state index in [1.165, 1.54) is 0 Å². The molecule has 2 unspecified atom stereocenters. The van der Waals surface area contributed by atoms with E-state index in [-0.39, 0.29) is 12.8 Å². The highest BCUT2D eigenvalue weighted by Gasteiger charge is 2.45. The SMILES string of the molecule is CCCC(C(=O)O)C(N)(CCC)C(=O)O. The van der Waals surface area contributed by atoms with Crippen molar-refractivity contribution in [3.05, 3.63) is 0 Å². The summed E-state index contributed by atoms with van der Waals surface area (Å²) in [6.07, 6.45) is 1.63. The fourth-order valence-corrected chi connectivity index (χ4v) is 1.73. The van der Waals surface area contributed by atoms with Crippen LogP contribution in [0.2, 0.25) is 0 Å². The molecule has 0 fully saturated rings. The van der Waals surface area contributed by atoms with Crippen molar-refractivity contribution in [1.29, 1.82) is 0 Å². The second-order valence-electron chi connectivity index (χ2n) is 3.78. The summed E-state index contributed by atoms with van der Waals surface area (Å²) in [5.41, 5.74) is 4.06. The lowest BCUT2D eigenvalue weighted by atomic mass is 9.78. The Labute approximate surface area is 89.3 Å². The maximum atomic E-state index is 11.0. The van der Waals surface area contributed by atoms with Gasteiger partial charge in [-0.25, -0.2) is 0 Å². The predicted molar refractivity (Wildman–Crippen MR) is 55.5 cm³/mol. The highest BCUT2D eigenvalue weighted by molar-refractivity contribution is 5.86. The molecule has 0 rings (SSSR count). The summed E-state index contributed by atoms with van der Waals surface area (Å²) in [6.45, 7) is 3.60. The van der Waals surface area contributed by atoms with Crippen LogP contribution in [-0.4, -0.2) is 27.7 Å². The van der Waals surface area contributed by atoms with Gasteiger partial charge >= 0.3 is 11.9 Å². The van der Waals surface area contributed by atoms with Crippen molar-refractivity contribution >= 4 is 11.9 Å². The number of hydrogen-bond donors (Lipinski definition) is 3. The van der Waals surface area contributed by atoms with Crippen LogP contribution in [0.4, 0.5) is 0 Å². The standard InChI is InChI=1S/C10H19NO4/c1-3-5-7(8(12)13)10(11,6-4-2)9(14)15/h7H,3-6,11H2,1-2H3,(H,12,13)(H,14,15). The Balaban J connectivity index is 4.98. The monoisotopic (exact) mass is 217 g/mol. The molecular weight excluding hydrogens is 198 g/mol. The van der Waals surface area contributed by atoms with Crippen LogP contribution in [-0.2, 0) is 9.59 Å². The summed E-state index contributed by atoms with van der Waals surface area (Å²) in [4.78, 5) is 22.0. The summed E-state index contributed by atoms with van der Waals surface area (Å²) in [7, 11) is 0. The van der Waals surface area contributed by atoms with Gasteiger partial charge in [-0.1, -0.05) is 26.7 Å². The Hall–Kier alpha value is -1.10. The molecule has 0 aliphatic carbocycles. The number of hydrogen-bond acceptors (Lipinski definition) is 3. The number of carbonyl (C=O) groups is 2. The minimum atomic E-state index is -1.64. The van der Waals surface area contributed by atoms with Gasteiger partial charge in [0, 0.05) is 0 Å². The first-order valence-electron chi connectivity index (χ1n) is 5.15. The van der Waals surface area contributed by atoms with Crippen molar-refractivity contribution in [3.8, 4) is 0 Å². The van der Waals surface area contributed by atoms with Crippen molar-refractivity contribution in [2.75, 3.05) is 0 Å². The summed E-state index contributed by atoms with van der Waals surface area (Å²) >= 11 is 0. The highest BCUT2D eigenvalue weighted by atomic mass is 16.4. The molecule has 5 nitrogen and oxygen atoms in total. The quantitative estimate of drug-likeness (QED) is 0.592. The van der Waals surface area contributed by atoms with E-state index in [1.54, 1.807) is 6.92 Å². The minimum Gasteiger partial charge on any atom is -0.481 e. The lowest BCUT2D eigenvalue weighted by Gasteiger charge is -2.30. The Morgan fingerprint density at radius 3 is 2.07 bits per heavy atom. The molecule has 0 radical (unpaired) electrons. The van der Waals surface area contributed by atoms with Crippen LogP contribution in [0.3, 0.4) is 0 Å². The maximum absolute atomic E-state index is 11.0. The molecule has 0 saturated heterocycles. The Morgan fingerprint density at radius 1 is 1.27 bits per heavy atom. The molecule has 0 amide bonds. The third-order valence-electron chi connectivity index (χ3n) is 2.56. The van der Waals surface area contributed by atoms with Gasteiger partial charge < -0.3 is 15.9 Å². The fraction of sp³-hybridized carbons (Fsp3) is 0.800. The summed E-state index contributed by atoms with van der Waals surface area (Å²) in [5.74, 6) is -3.37. The number of carboxylic acids is 2. The minimum absolute atomic E-state index is 0.180. The first-order valence-corrected chi connectivity index (χ1v) is 5.15. The van der Waals surface area contributed by atoms with Crippen molar-refractivity contribution in [3.63, 3.8) is 0 Å². The molecule has 0 aromatic rings. The van der Waals surface area contributed by atoms with Gasteiger partial charge in [0.1, 0.15) is 5.54 Å². The van der Waals surface area contributed by atoms with Crippen molar-refractivity contribution in [2.45, 2.75) is 45.1 Å². The first-order chi connectivity index (χ1) is 6.90. The van der Waals surface area contributed by atoms with Crippen molar-refractivity contribution in [1.82, 2.24) is 0 Å². The predicted octanol–water partition coefficient (Wildman–Crippen LogP) is 1.07. The van der Waals surface area contributed by atoms with Crippen LogP contribution in [0.5, 0.6) is 0 Å². The zero-order chi connectivity index (χ0) is 12.1. The van der Waals surface area contributed by atoms with Crippen LogP contribution in [0.25, 0.3) is 0 Å². The molecule has 5 heteroatoms. The number of rotatable bonds is 7. The van der Waals surface area contributed by atoms with Gasteiger partial charge in [-0.15, -0.1) is 0 Å². The molecule has 0 saturated carbocycles. The van der Waals surface area contributed by atoms with E-state index in [4.69, 9.17) is 15.9 Å². The molecule has 0 spiro atoms.